The molecule has 0 bridgehead atoms. The fourth-order valence-electron chi connectivity index (χ4n) is 3.92. The first kappa shape index (κ1) is 20.4. The highest BCUT2D eigenvalue weighted by atomic mass is 16.5. The number of fused-ring (bicyclic) bond motifs is 1. The maximum absolute atomic E-state index is 12.1. The van der Waals surface area contributed by atoms with Gasteiger partial charge in [0.1, 0.15) is 11.5 Å². The van der Waals surface area contributed by atoms with Gasteiger partial charge in [-0.05, 0) is 48.2 Å². The number of piperidine rings is 1. The van der Waals surface area contributed by atoms with E-state index in [1.807, 2.05) is 30.5 Å². The van der Waals surface area contributed by atoms with E-state index in [2.05, 4.69) is 32.6 Å². The highest BCUT2D eigenvalue weighted by Crippen LogP contribution is 2.26. The third-order valence-electron chi connectivity index (χ3n) is 5.58. The smallest absolute Gasteiger partial charge is 0.253 e. The quantitative estimate of drug-likeness (QED) is 0.679. The van der Waals surface area contributed by atoms with Crippen LogP contribution in [0.2, 0.25) is 0 Å². The normalized spacial score (nSPS) is 15.0. The Bertz CT molecular complexity index is 1000. The molecule has 7 nitrogen and oxygen atoms in total. The number of ether oxygens (including phenoxy) is 1. The van der Waals surface area contributed by atoms with Gasteiger partial charge in [0.25, 0.3) is 5.91 Å². The van der Waals surface area contributed by atoms with Crippen LogP contribution in [0.15, 0.2) is 48.8 Å². The molecule has 0 saturated carbocycles. The van der Waals surface area contributed by atoms with Crippen LogP contribution in [0.25, 0.3) is 16.8 Å². The lowest BCUT2D eigenvalue weighted by Crippen LogP contribution is -2.38. The van der Waals surface area contributed by atoms with Crippen LogP contribution in [-0.4, -0.2) is 71.8 Å². The Balaban J connectivity index is 1.50. The van der Waals surface area contributed by atoms with Crippen LogP contribution in [-0.2, 0) is 4.74 Å². The Morgan fingerprint density at radius 2 is 1.90 bits per heavy atom. The van der Waals surface area contributed by atoms with Gasteiger partial charge in [-0.15, -0.1) is 0 Å². The molecule has 1 aliphatic heterocycles. The topological polar surface area (TPSA) is 70.3 Å². The van der Waals surface area contributed by atoms with Gasteiger partial charge in [0, 0.05) is 38.9 Å². The van der Waals surface area contributed by atoms with Crippen molar-refractivity contribution in [1.82, 2.24) is 14.3 Å². The van der Waals surface area contributed by atoms with Crippen LogP contribution in [0.3, 0.4) is 0 Å². The number of hydrogen-bond acceptors (Lipinski definition) is 5. The van der Waals surface area contributed by atoms with Crippen LogP contribution in [0.1, 0.15) is 23.2 Å². The minimum atomic E-state index is 0.000400. The van der Waals surface area contributed by atoms with Gasteiger partial charge in [-0.25, -0.2) is 4.98 Å². The zero-order valence-corrected chi connectivity index (χ0v) is 17.5. The molecule has 1 N–H and O–H groups in total. The first-order chi connectivity index (χ1) is 14.6. The summed E-state index contributed by atoms with van der Waals surface area (Å²) < 4.78 is 7.78. The number of carbonyl (C=O) groups is 1. The Labute approximate surface area is 176 Å². The predicted octanol–water partition coefficient (Wildman–Crippen LogP) is 2.68. The van der Waals surface area contributed by atoms with E-state index in [0.717, 1.165) is 48.5 Å². The van der Waals surface area contributed by atoms with Crippen LogP contribution >= 0.6 is 0 Å². The molecule has 1 aromatic carbocycles. The van der Waals surface area contributed by atoms with Gasteiger partial charge in [0.05, 0.1) is 25.5 Å². The molecule has 1 amide bonds. The van der Waals surface area contributed by atoms with Crippen molar-refractivity contribution in [2.45, 2.75) is 18.9 Å². The Hall–Kier alpha value is -2.90. The summed E-state index contributed by atoms with van der Waals surface area (Å²) in [4.78, 5) is 20.6. The number of carbonyl (C=O) groups excluding carboxylic acids is 1. The molecular formula is C23H28N4O3. The molecule has 3 aromatic rings. The van der Waals surface area contributed by atoms with Crippen molar-refractivity contribution < 1.29 is 14.6 Å². The molecule has 30 heavy (non-hydrogen) atoms. The summed E-state index contributed by atoms with van der Waals surface area (Å²) in [6, 6.07) is 11.8. The van der Waals surface area contributed by atoms with Gasteiger partial charge in [-0.2, -0.15) is 0 Å². The van der Waals surface area contributed by atoms with Crippen LogP contribution < -0.4 is 4.90 Å². The average Bonchev–Trinajstić information content (AvgIpc) is 3.21. The maximum atomic E-state index is 12.1. The zero-order valence-electron chi connectivity index (χ0n) is 17.5. The fourth-order valence-corrected chi connectivity index (χ4v) is 3.92. The van der Waals surface area contributed by atoms with E-state index in [0.29, 0.717) is 12.2 Å². The zero-order chi connectivity index (χ0) is 21.1. The van der Waals surface area contributed by atoms with E-state index in [9.17, 15) is 4.79 Å². The molecule has 4 rings (SSSR count). The standard InChI is InChI=1S/C23H28N4O3/c1-25(2)23(29)18-5-3-17(4-6-18)19-7-12-27-21(15-19)24-16-22(27)26-10-8-20(9-11-26)30-14-13-28/h3-7,12,15-16,20,28H,8-11,13-14H2,1-2H3. The van der Waals surface area contributed by atoms with Crippen molar-refractivity contribution in [2.75, 3.05) is 45.3 Å². The first-order valence-electron chi connectivity index (χ1n) is 10.3. The van der Waals surface area contributed by atoms with E-state index in [1.165, 1.54) is 0 Å². The summed E-state index contributed by atoms with van der Waals surface area (Å²) in [6.45, 7) is 2.30. The number of aliphatic hydroxyl groups excluding tert-OH is 1. The van der Waals surface area contributed by atoms with Crippen molar-refractivity contribution >= 4 is 17.4 Å². The number of rotatable bonds is 6. The van der Waals surface area contributed by atoms with Crippen LogP contribution in [0, 0.1) is 0 Å². The molecule has 1 aliphatic rings. The van der Waals surface area contributed by atoms with Gasteiger partial charge < -0.3 is 19.6 Å². The lowest BCUT2D eigenvalue weighted by molar-refractivity contribution is 0.0158. The second-order valence-electron chi connectivity index (χ2n) is 7.82. The Morgan fingerprint density at radius 1 is 1.17 bits per heavy atom. The van der Waals surface area contributed by atoms with Crippen LogP contribution in [0.5, 0.6) is 0 Å². The van der Waals surface area contributed by atoms with Gasteiger partial charge in [0.15, 0.2) is 0 Å². The Kier molecular flexibility index (Phi) is 6.01. The largest absolute Gasteiger partial charge is 0.394 e. The number of pyridine rings is 1. The van der Waals surface area contributed by atoms with E-state index < -0.39 is 0 Å². The van der Waals surface area contributed by atoms with Crippen molar-refractivity contribution in [3.8, 4) is 11.1 Å². The van der Waals surface area contributed by atoms with Crippen molar-refractivity contribution in [2.24, 2.45) is 0 Å². The number of aliphatic hydroxyl groups is 1. The van der Waals surface area contributed by atoms with E-state index in [-0.39, 0.29) is 18.6 Å². The first-order valence-corrected chi connectivity index (χ1v) is 10.3. The second-order valence-corrected chi connectivity index (χ2v) is 7.82. The SMILES string of the molecule is CN(C)C(=O)c1ccc(-c2ccn3c(N4CCC(OCCO)CC4)cnc3c2)cc1. The maximum Gasteiger partial charge on any atom is 0.253 e. The Morgan fingerprint density at radius 3 is 2.57 bits per heavy atom. The highest BCUT2D eigenvalue weighted by Gasteiger charge is 2.22. The fraction of sp³-hybridized carbons (Fsp3) is 0.391. The van der Waals surface area contributed by atoms with Gasteiger partial charge in [-0.3, -0.25) is 9.20 Å². The number of hydrogen-bond donors (Lipinski definition) is 1. The number of anilines is 1. The number of nitrogens with zero attached hydrogens (tertiary/aromatic N) is 4. The summed E-state index contributed by atoms with van der Waals surface area (Å²) in [7, 11) is 3.51. The molecule has 0 atom stereocenters. The molecule has 158 valence electrons. The number of amides is 1. The minimum Gasteiger partial charge on any atom is -0.394 e. The van der Waals surface area contributed by atoms with Gasteiger partial charge in [-0.1, -0.05) is 12.1 Å². The summed E-state index contributed by atoms with van der Waals surface area (Å²) >= 11 is 0. The van der Waals surface area contributed by atoms with E-state index >= 15 is 0 Å². The number of aromatic nitrogens is 2. The monoisotopic (exact) mass is 408 g/mol. The summed E-state index contributed by atoms with van der Waals surface area (Å²) in [5.41, 5.74) is 3.70. The number of benzene rings is 1. The number of imidazole rings is 1. The lowest BCUT2D eigenvalue weighted by Gasteiger charge is -2.32. The summed E-state index contributed by atoms with van der Waals surface area (Å²) in [6.07, 6.45) is 6.10. The summed E-state index contributed by atoms with van der Waals surface area (Å²) in [5.74, 6) is 1.09. The third-order valence-corrected chi connectivity index (χ3v) is 5.58. The lowest BCUT2D eigenvalue weighted by atomic mass is 10.0. The predicted molar refractivity (Wildman–Crippen MR) is 117 cm³/mol. The van der Waals surface area contributed by atoms with E-state index in [4.69, 9.17) is 9.84 Å². The molecule has 1 saturated heterocycles. The van der Waals surface area contributed by atoms with Crippen molar-refractivity contribution in [3.05, 3.63) is 54.4 Å². The minimum absolute atomic E-state index is 0.000400. The summed E-state index contributed by atoms with van der Waals surface area (Å²) in [5, 5.41) is 8.92. The molecule has 0 spiro atoms. The average molecular weight is 409 g/mol. The molecule has 0 aliphatic carbocycles. The molecule has 7 heteroatoms. The molecule has 3 heterocycles. The van der Waals surface area contributed by atoms with Crippen LogP contribution in [0.4, 0.5) is 5.82 Å². The van der Waals surface area contributed by atoms with Gasteiger partial charge in [0.2, 0.25) is 0 Å². The third kappa shape index (κ3) is 4.17. The molecule has 1 fully saturated rings. The second kappa shape index (κ2) is 8.85. The van der Waals surface area contributed by atoms with E-state index in [1.54, 1.807) is 19.0 Å². The van der Waals surface area contributed by atoms with Crippen molar-refractivity contribution in [3.63, 3.8) is 0 Å². The highest BCUT2D eigenvalue weighted by molar-refractivity contribution is 5.94. The molecular weight excluding hydrogens is 380 g/mol. The van der Waals surface area contributed by atoms with Gasteiger partial charge >= 0.3 is 0 Å². The molecule has 2 aromatic heterocycles. The van der Waals surface area contributed by atoms with Crippen molar-refractivity contribution in [1.29, 1.82) is 0 Å². The molecule has 0 unspecified atom stereocenters. The molecule has 0 radical (unpaired) electrons.